The minimum atomic E-state index is -3.99. The number of hydrazone groups is 1. The highest BCUT2D eigenvalue weighted by atomic mass is 35.5. The SMILES string of the molecule is Cc1ccc(CN(CC(=O)N/N=C/c2cccc(Cl)c2Cl)S(=O)(=O)c2c(C)cc(C)cc2C)cc1. The molecule has 3 aromatic carbocycles. The van der Waals surface area contributed by atoms with Crippen LogP contribution in [-0.2, 0) is 21.4 Å². The number of nitrogens with zero attached hydrogens (tertiary/aromatic N) is 2. The van der Waals surface area contributed by atoms with Crippen LogP contribution < -0.4 is 5.43 Å². The third-order valence-corrected chi connectivity index (χ3v) is 8.31. The van der Waals surface area contributed by atoms with Crippen molar-refractivity contribution in [2.24, 2.45) is 5.10 Å². The number of nitrogens with one attached hydrogen (secondary N) is 1. The summed E-state index contributed by atoms with van der Waals surface area (Å²) >= 11 is 12.1. The predicted octanol–water partition coefficient (Wildman–Crippen LogP) is 5.57. The Balaban J connectivity index is 1.88. The first-order valence-electron chi connectivity index (χ1n) is 10.9. The van der Waals surface area contributed by atoms with Gasteiger partial charge >= 0.3 is 0 Å². The summed E-state index contributed by atoms with van der Waals surface area (Å²) in [5.41, 5.74) is 6.96. The third-order valence-electron chi connectivity index (χ3n) is 5.38. The van der Waals surface area contributed by atoms with Crippen LogP contribution in [0, 0.1) is 27.7 Å². The Labute approximate surface area is 216 Å². The highest BCUT2D eigenvalue weighted by Gasteiger charge is 2.30. The fourth-order valence-electron chi connectivity index (χ4n) is 3.82. The first-order valence-corrected chi connectivity index (χ1v) is 13.1. The van der Waals surface area contributed by atoms with Gasteiger partial charge < -0.3 is 0 Å². The second kappa shape index (κ2) is 11.4. The van der Waals surface area contributed by atoms with Gasteiger partial charge in [0.05, 0.1) is 27.7 Å². The van der Waals surface area contributed by atoms with E-state index in [2.05, 4.69) is 10.5 Å². The van der Waals surface area contributed by atoms with Crippen molar-refractivity contribution in [3.05, 3.63) is 98.0 Å². The van der Waals surface area contributed by atoms with E-state index in [0.717, 1.165) is 16.7 Å². The fraction of sp³-hybridized carbons (Fsp3) is 0.231. The molecule has 0 fully saturated rings. The van der Waals surface area contributed by atoms with Crippen molar-refractivity contribution in [2.45, 2.75) is 39.1 Å². The highest BCUT2D eigenvalue weighted by Crippen LogP contribution is 2.27. The molecule has 0 aliphatic carbocycles. The largest absolute Gasteiger partial charge is 0.272 e. The molecule has 0 radical (unpaired) electrons. The van der Waals surface area contributed by atoms with Gasteiger partial charge in [-0.15, -0.1) is 0 Å². The van der Waals surface area contributed by atoms with Crippen LogP contribution in [0.2, 0.25) is 10.0 Å². The summed E-state index contributed by atoms with van der Waals surface area (Å²) in [6, 6.07) is 16.2. The third kappa shape index (κ3) is 6.70. The number of hydrogen-bond donors (Lipinski definition) is 1. The molecule has 0 aliphatic rings. The van der Waals surface area contributed by atoms with Crippen LogP contribution in [-0.4, -0.2) is 31.4 Å². The Bertz CT molecular complexity index is 1350. The lowest BCUT2D eigenvalue weighted by Gasteiger charge is -2.24. The Morgan fingerprint density at radius 2 is 1.60 bits per heavy atom. The van der Waals surface area contributed by atoms with Crippen LogP contribution in [0.3, 0.4) is 0 Å². The fourth-order valence-corrected chi connectivity index (χ4v) is 5.97. The van der Waals surface area contributed by atoms with E-state index in [4.69, 9.17) is 23.2 Å². The summed E-state index contributed by atoms with van der Waals surface area (Å²) in [5, 5.41) is 4.60. The van der Waals surface area contributed by atoms with Gasteiger partial charge in [0, 0.05) is 12.1 Å². The van der Waals surface area contributed by atoms with Crippen molar-refractivity contribution in [1.82, 2.24) is 9.73 Å². The zero-order valence-electron chi connectivity index (χ0n) is 20.0. The number of rotatable bonds is 8. The first kappa shape index (κ1) is 26.9. The second-order valence-corrected chi connectivity index (χ2v) is 11.1. The molecule has 0 unspecified atom stereocenters. The molecule has 0 aliphatic heterocycles. The average molecular weight is 532 g/mol. The lowest BCUT2D eigenvalue weighted by molar-refractivity contribution is -0.121. The molecule has 6 nitrogen and oxygen atoms in total. The number of benzene rings is 3. The number of carbonyl (C=O) groups is 1. The summed E-state index contributed by atoms with van der Waals surface area (Å²) in [6.07, 6.45) is 1.36. The number of amides is 1. The topological polar surface area (TPSA) is 78.8 Å². The van der Waals surface area contributed by atoms with Gasteiger partial charge in [0.1, 0.15) is 0 Å². The molecule has 0 saturated carbocycles. The molecule has 1 amide bonds. The van der Waals surface area contributed by atoms with Crippen molar-refractivity contribution in [3.63, 3.8) is 0 Å². The first-order chi connectivity index (χ1) is 16.5. The van der Waals surface area contributed by atoms with Crippen LogP contribution >= 0.6 is 23.2 Å². The molecule has 0 heterocycles. The molecule has 3 rings (SSSR count). The predicted molar refractivity (Wildman–Crippen MR) is 142 cm³/mol. The molecule has 1 N–H and O–H groups in total. The number of hydrogen-bond acceptors (Lipinski definition) is 4. The van der Waals surface area contributed by atoms with E-state index in [1.807, 2.05) is 50.2 Å². The van der Waals surface area contributed by atoms with E-state index in [1.54, 1.807) is 32.0 Å². The van der Waals surface area contributed by atoms with Crippen LogP contribution in [0.25, 0.3) is 0 Å². The summed E-state index contributed by atoms with van der Waals surface area (Å²) in [7, 11) is -3.99. The Morgan fingerprint density at radius 3 is 2.23 bits per heavy atom. The number of sulfonamides is 1. The average Bonchev–Trinajstić information content (AvgIpc) is 2.76. The van der Waals surface area contributed by atoms with Gasteiger partial charge in [0.15, 0.2) is 0 Å². The van der Waals surface area contributed by atoms with Crippen LogP contribution in [0.4, 0.5) is 0 Å². The number of carbonyl (C=O) groups excluding carboxylic acids is 1. The van der Waals surface area contributed by atoms with Gasteiger partial charge in [-0.1, -0.05) is 82.9 Å². The van der Waals surface area contributed by atoms with Gasteiger partial charge in [0.25, 0.3) is 5.91 Å². The van der Waals surface area contributed by atoms with E-state index >= 15 is 0 Å². The second-order valence-electron chi connectivity index (χ2n) is 8.42. The Morgan fingerprint density at radius 1 is 0.971 bits per heavy atom. The Hall–Kier alpha value is -2.71. The normalized spacial score (nSPS) is 11.9. The molecule has 9 heteroatoms. The zero-order chi connectivity index (χ0) is 25.8. The molecule has 0 spiro atoms. The minimum Gasteiger partial charge on any atom is -0.272 e. The van der Waals surface area contributed by atoms with E-state index in [0.29, 0.717) is 26.7 Å². The maximum absolute atomic E-state index is 13.7. The number of halogens is 2. The summed E-state index contributed by atoms with van der Waals surface area (Å²) in [6.45, 7) is 7.01. The Kier molecular flexibility index (Phi) is 8.72. The quantitative estimate of drug-likeness (QED) is 0.305. The van der Waals surface area contributed by atoms with Gasteiger partial charge in [-0.3, -0.25) is 4.79 Å². The molecule has 0 saturated heterocycles. The van der Waals surface area contributed by atoms with Crippen molar-refractivity contribution in [3.8, 4) is 0 Å². The highest BCUT2D eigenvalue weighted by molar-refractivity contribution is 7.89. The number of aryl methyl sites for hydroxylation is 4. The lowest BCUT2D eigenvalue weighted by atomic mass is 10.1. The van der Waals surface area contributed by atoms with Gasteiger partial charge in [-0.25, -0.2) is 13.8 Å². The monoisotopic (exact) mass is 531 g/mol. The minimum absolute atomic E-state index is 0.0344. The summed E-state index contributed by atoms with van der Waals surface area (Å²) < 4.78 is 28.7. The molecule has 0 bridgehead atoms. The summed E-state index contributed by atoms with van der Waals surface area (Å²) in [4.78, 5) is 13.0. The van der Waals surface area contributed by atoms with Crippen molar-refractivity contribution in [2.75, 3.05) is 6.54 Å². The van der Waals surface area contributed by atoms with E-state index < -0.39 is 22.5 Å². The van der Waals surface area contributed by atoms with Crippen LogP contribution in [0.15, 0.2) is 64.6 Å². The van der Waals surface area contributed by atoms with Gasteiger partial charge in [0.2, 0.25) is 10.0 Å². The smallest absolute Gasteiger partial charge is 0.255 e. The van der Waals surface area contributed by atoms with Crippen LogP contribution in [0.5, 0.6) is 0 Å². The van der Waals surface area contributed by atoms with E-state index in [-0.39, 0.29) is 11.4 Å². The molecule has 3 aromatic rings. The van der Waals surface area contributed by atoms with Gasteiger partial charge in [-0.2, -0.15) is 9.41 Å². The maximum atomic E-state index is 13.7. The standard InChI is InChI=1S/C26H27Cl2N3O3S/c1-17-8-10-21(11-9-17)15-31(35(33,34)26-19(3)12-18(2)13-20(26)4)16-24(32)30-29-14-22-6-5-7-23(27)25(22)28/h5-14H,15-16H2,1-4H3,(H,30,32)/b29-14+. The van der Waals surface area contributed by atoms with Crippen LogP contribution in [0.1, 0.15) is 33.4 Å². The molecule has 184 valence electrons. The van der Waals surface area contributed by atoms with E-state index in [1.165, 1.54) is 10.5 Å². The molecule has 0 atom stereocenters. The molecular weight excluding hydrogens is 505 g/mol. The molecule has 0 aromatic heterocycles. The molecular formula is C26H27Cl2N3O3S. The molecule has 35 heavy (non-hydrogen) atoms. The van der Waals surface area contributed by atoms with Crippen molar-refractivity contribution in [1.29, 1.82) is 0 Å². The zero-order valence-corrected chi connectivity index (χ0v) is 22.3. The lowest BCUT2D eigenvalue weighted by Crippen LogP contribution is -2.39. The van der Waals surface area contributed by atoms with Crippen molar-refractivity contribution < 1.29 is 13.2 Å². The van der Waals surface area contributed by atoms with E-state index in [9.17, 15) is 13.2 Å². The maximum Gasteiger partial charge on any atom is 0.255 e. The van der Waals surface area contributed by atoms with Crippen molar-refractivity contribution >= 4 is 45.3 Å². The van der Waals surface area contributed by atoms with Gasteiger partial charge in [-0.05, 0) is 50.5 Å². The summed E-state index contributed by atoms with van der Waals surface area (Å²) in [5.74, 6) is -0.586.